The highest BCUT2D eigenvalue weighted by molar-refractivity contribution is 7.92. The molecule has 1 amide bonds. The summed E-state index contributed by atoms with van der Waals surface area (Å²) in [6.07, 6.45) is 1.50. The van der Waals surface area contributed by atoms with E-state index < -0.39 is 25.8 Å². The minimum atomic E-state index is -3.90. The summed E-state index contributed by atoms with van der Waals surface area (Å²) in [4.78, 5) is 12.4. The Bertz CT molecular complexity index is 1160. The summed E-state index contributed by atoms with van der Waals surface area (Å²) in [5.74, 6) is -0.841. The Morgan fingerprint density at radius 1 is 1.13 bits per heavy atom. The fourth-order valence-corrected chi connectivity index (χ4v) is 5.75. The number of benzene rings is 2. The molecular formula is C20H23ClN2O5S2. The highest BCUT2D eigenvalue weighted by atomic mass is 35.5. The van der Waals surface area contributed by atoms with Crippen molar-refractivity contribution in [3.05, 3.63) is 58.6 Å². The number of anilines is 1. The number of hydrogen-bond acceptors (Lipinski definition) is 5. The van der Waals surface area contributed by atoms with Crippen LogP contribution < -0.4 is 9.62 Å². The maximum atomic E-state index is 13.3. The molecule has 0 saturated carbocycles. The minimum Gasteiger partial charge on any atom is -0.351 e. The van der Waals surface area contributed by atoms with Gasteiger partial charge in [-0.05, 0) is 42.7 Å². The van der Waals surface area contributed by atoms with Crippen LogP contribution >= 0.6 is 11.6 Å². The van der Waals surface area contributed by atoms with Crippen LogP contribution in [-0.2, 0) is 26.3 Å². The number of halogens is 1. The Balaban J connectivity index is 1.87. The van der Waals surface area contributed by atoms with Gasteiger partial charge in [0.05, 0.1) is 26.9 Å². The number of fused-ring (bicyclic) bond motifs is 1. The topological polar surface area (TPSA) is 101 Å². The van der Waals surface area contributed by atoms with E-state index in [1.165, 1.54) is 29.4 Å². The van der Waals surface area contributed by atoms with Crippen LogP contribution in [0.1, 0.15) is 29.3 Å². The number of rotatable bonds is 7. The van der Waals surface area contributed by atoms with Gasteiger partial charge >= 0.3 is 0 Å². The third-order valence-electron chi connectivity index (χ3n) is 4.98. The van der Waals surface area contributed by atoms with Gasteiger partial charge in [-0.3, -0.25) is 9.10 Å². The van der Waals surface area contributed by atoms with Gasteiger partial charge < -0.3 is 5.32 Å². The number of carbonyl (C=O) groups excluding carboxylic acids is 1. The summed E-state index contributed by atoms with van der Waals surface area (Å²) in [5, 5.41) is 2.58. The van der Waals surface area contributed by atoms with Gasteiger partial charge in [0.2, 0.25) is 0 Å². The van der Waals surface area contributed by atoms with E-state index in [9.17, 15) is 21.6 Å². The second-order valence-corrected chi connectivity index (χ2v) is 11.7. The zero-order valence-corrected chi connectivity index (χ0v) is 18.9. The average Bonchev–Trinajstić information content (AvgIpc) is 2.73. The molecule has 7 nitrogen and oxygen atoms in total. The smallest absolute Gasteiger partial charge is 0.264 e. The van der Waals surface area contributed by atoms with E-state index in [1.54, 1.807) is 12.1 Å². The zero-order chi connectivity index (χ0) is 21.9. The molecule has 0 aromatic heterocycles. The number of carbonyl (C=O) groups is 1. The highest BCUT2D eigenvalue weighted by Gasteiger charge is 2.30. The van der Waals surface area contributed by atoms with E-state index >= 15 is 0 Å². The number of nitrogens with zero attached hydrogens (tertiary/aromatic N) is 1. The first-order valence-corrected chi connectivity index (χ1v) is 13.2. The van der Waals surface area contributed by atoms with Crippen LogP contribution in [0.4, 0.5) is 5.69 Å². The summed E-state index contributed by atoms with van der Waals surface area (Å²) in [7, 11) is -7.13. The molecule has 2 aromatic carbocycles. The van der Waals surface area contributed by atoms with Crippen LogP contribution in [-0.4, -0.2) is 47.3 Å². The first-order valence-electron chi connectivity index (χ1n) is 9.54. The van der Waals surface area contributed by atoms with Crippen molar-refractivity contribution < 1.29 is 21.6 Å². The third kappa shape index (κ3) is 4.79. The van der Waals surface area contributed by atoms with Gasteiger partial charge in [-0.25, -0.2) is 16.8 Å². The largest absolute Gasteiger partial charge is 0.351 e. The molecule has 2 aromatic rings. The van der Waals surface area contributed by atoms with Crippen LogP contribution in [0.5, 0.6) is 0 Å². The van der Waals surface area contributed by atoms with E-state index in [0.29, 0.717) is 18.7 Å². The van der Waals surface area contributed by atoms with E-state index in [2.05, 4.69) is 5.32 Å². The molecule has 0 unspecified atom stereocenters. The van der Waals surface area contributed by atoms with Crippen molar-refractivity contribution in [3.63, 3.8) is 0 Å². The maximum Gasteiger partial charge on any atom is 0.264 e. The lowest BCUT2D eigenvalue weighted by molar-refractivity contribution is 0.0956. The summed E-state index contributed by atoms with van der Waals surface area (Å²) < 4.78 is 51.1. The number of nitrogens with one attached hydrogen (secondary N) is 1. The molecule has 0 bridgehead atoms. The van der Waals surface area contributed by atoms with Crippen LogP contribution in [0.15, 0.2) is 47.4 Å². The molecule has 0 aliphatic carbocycles. The number of hydrogen-bond donors (Lipinski definition) is 1. The van der Waals surface area contributed by atoms with Gasteiger partial charge in [0.1, 0.15) is 0 Å². The van der Waals surface area contributed by atoms with E-state index in [0.717, 1.165) is 12.0 Å². The van der Waals surface area contributed by atoms with Crippen LogP contribution in [0.25, 0.3) is 0 Å². The molecule has 0 spiro atoms. The lowest BCUT2D eigenvalue weighted by Crippen LogP contribution is -2.35. The summed E-state index contributed by atoms with van der Waals surface area (Å²) in [6.45, 7) is 1.79. The summed E-state index contributed by atoms with van der Waals surface area (Å²) in [6, 6.07) is 11.3. The lowest BCUT2D eigenvalue weighted by atomic mass is 10.0. The monoisotopic (exact) mass is 470 g/mol. The Morgan fingerprint density at radius 3 is 2.60 bits per heavy atom. The number of sulfonamides is 1. The van der Waals surface area contributed by atoms with Crippen molar-refractivity contribution in [2.45, 2.75) is 24.7 Å². The molecule has 10 heteroatoms. The van der Waals surface area contributed by atoms with Crippen LogP contribution in [0.3, 0.4) is 0 Å². The fraction of sp³-hybridized carbons (Fsp3) is 0.350. The summed E-state index contributed by atoms with van der Waals surface area (Å²) >= 11 is 6.12. The second-order valence-electron chi connectivity index (χ2n) is 6.94. The second kappa shape index (κ2) is 8.95. The van der Waals surface area contributed by atoms with Gasteiger partial charge in [-0.15, -0.1) is 0 Å². The van der Waals surface area contributed by atoms with Crippen molar-refractivity contribution in [1.29, 1.82) is 0 Å². The maximum absolute atomic E-state index is 13.3. The quantitative estimate of drug-likeness (QED) is 0.670. The number of aryl methyl sites for hydroxylation is 1. The van der Waals surface area contributed by atoms with Gasteiger partial charge in [0.15, 0.2) is 9.84 Å². The number of para-hydroxylation sites is 1. The number of sulfone groups is 1. The predicted molar refractivity (Wildman–Crippen MR) is 117 cm³/mol. The molecule has 0 radical (unpaired) electrons. The molecule has 3 rings (SSSR count). The average molecular weight is 471 g/mol. The minimum absolute atomic E-state index is 0.0167. The van der Waals surface area contributed by atoms with E-state index in [4.69, 9.17) is 11.6 Å². The zero-order valence-electron chi connectivity index (χ0n) is 16.5. The molecule has 1 aliphatic heterocycles. The van der Waals surface area contributed by atoms with Crippen molar-refractivity contribution in [2.24, 2.45) is 0 Å². The molecule has 0 fully saturated rings. The van der Waals surface area contributed by atoms with Crippen molar-refractivity contribution >= 4 is 43.1 Å². The van der Waals surface area contributed by atoms with Crippen LogP contribution in [0.2, 0.25) is 5.02 Å². The van der Waals surface area contributed by atoms with Gasteiger partial charge in [0, 0.05) is 18.8 Å². The predicted octanol–water partition coefficient (Wildman–Crippen LogP) is 2.65. The Hall–Kier alpha value is -2.10. The first kappa shape index (κ1) is 22.6. The van der Waals surface area contributed by atoms with E-state index in [-0.39, 0.29) is 33.5 Å². The van der Waals surface area contributed by atoms with E-state index in [1.807, 2.05) is 12.1 Å². The Morgan fingerprint density at radius 2 is 1.87 bits per heavy atom. The first-order chi connectivity index (χ1) is 14.2. The standard InChI is InChI=1S/C20H23ClN2O5S2/c1-2-29(25,26)13-11-22-20(24)17-14-16(9-10-18(17)21)30(27,28)23-12-5-7-15-6-3-4-8-19(15)23/h3-4,6,8-10,14H,2,5,7,11-13H2,1H3,(H,22,24). The SMILES string of the molecule is CCS(=O)(=O)CCNC(=O)c1cc(S(=O)(=O)N2CCCc3ccccc32)ccc1Cl. The molecule has 1 heterocycles. The Labute approximate surface area is 182 Å². The van der Waals surface area contributed by atoms with Crippen LogP contribution in [0, 0.1) is 0 Å². The molecule has 0 saturated heterocycles. The van der Waals surface area contributed by atoms with Gasteiger partial charge in [-0.1, -0.05) is 36.7 Å². The van der Waals surface area contributed by atoms with Gasteiger partial charge in [-0.2, -0.15) is 0 Å². The van der Waals surface area contributed by atoms with Crippen molar-refractivity contribution in [3.8, 4) is 0 Å². The summed E-state index contributed by atoms with van der Waals surface area (Å²) in [5.41, 5.74) is 1.57. The fourth-order valence-electron chi connectivity index (χ4n) is 3.27. The Kier molecular flexibility index (Phi) is 6.74. The molecule has 30 heavy (non-hydrogen) atoms. The molecular weight excluding hydrogens is 448 g/mol. The molecule has 1 N–H and O–H groups in total. The molecule has 1 aliphatic rings. The lowest BCUT2D eigenvalue weighted by Gasteiger charge is -2.30. The normalized spacial score (nSPS) is 14.3. The number of amides is 1. The van der Waals surface area contributed by atoms with Crippen molar-refractivity contribution in [2.75, 3.05) is 28.9 Å². The molecule has 162 valence electrons. The molecule has 0 atom stereocenters. The van der Waals surface area contributed by atoms with Crippen molar-refractivity contribution in [1.82, 2.24) is 5.32 Å². The highest BCUT2D eigenvalue weighted by Crippen LogP contribution is 2.32. The third-order valence-corrected chi connectivity index (χ3v) is 8.82. The van der Waals surface area contributed by atoms with Gasteiger partial charge in [0.25, 0.3) is 15.9 Å².